The van der Waals surface area contributed by atoms with Crippen LogP contribution in [0.5, 0.6) is 5.75 Å². The van der Waals surface area contributed by atoms with E-state index in [4.69, 9.17) is 9.72 Å². The summed E-state index contributed by atoms with van der Waals surface area (Å²) in [7, 11) is 1.82. The first-order valence-electron chi connectivity index (χ1n) is 10.8. The molecule has 0 bridgehead atoms. The Hall–Kier alpha value is -1.83. The average molecular weight is 366 g/mol. The Balaban J connectivity index is 2.23. The molecule has 1 aromatic heterocycles. The molecule has 1 unspecified atom stereocenters. The predicted molar refractivity (Wildman–Crippen MR) is 114 cm³/mol. The first-order chi connectivity index (χ1) is 13.1. The smallest absolute Gasteiger partial charge is 0.123 e. The van der Waals surface area contributed by atoms with Gasteiger partial charge in [-0.15, -0.1) is 0 Å². The zero-order valence-corrected chi connectivity index (χ0v) is 17.8. The third kappa shape index (κ3) is 4.05. The van der Waals surface area contributed by atoms with Gasteiger partial charge in [0.1, 0.15) is 5.75 Å². The highest BCUT2D eigenvalue weighted by molar-refractivity contribution is 5.52. The van der Waals surface area contributed by atoms with E-state index in [2.05, 4.69) is 52.1 Å². The highest BCUT2D eigenvalue weighted by Gasteiger charge is 2.33. The first-order valence-corrected chi connectivity index (χ1v) is 10.8. The molecule has 1 aromatic carbocycles. The first kappa shape index (κ1) is 19.9. The van der Waals surface area contributed by atoms with Gasteiger partial charge in [-0.05, 0) is 73.3 Å². The summed E-state index contributed by atoms with van der Waals surface area (Å²) in [4.78, 5) is 5.06. The van der Waals surface area contributed by atoms with Crippen LogP contribution in [0.15, 0.2) is 24.4 Å². The van der Waals surface area contributed by atoms with Gasteiger partial charge in [0.25, 0.3) is 0 Å². The summed E-state index contributed by atoms with van der Waals surface area (Å²) in [6.45, 7) is 9.01. The lowest BCUT2D eigenvalue weighted by atomic mass is 9.76. The van der Waals surface area contributed by atoms with Crippen LogP contribution in [0.3, 0.4) is 0 Å². The maximum absolute atomic E-state index is 5.92. The largest absolute Gasteiger partial charge is 0.496 e. The van der Waals surface area contributed by atoms with E-state index in [0.717, 1.165) is 25.0 Å². The lowest BCUT2D eigenvalue weighted by molar-refractivity contribution is 0.366. The van der Waals surface area contributed by atoms with Crippen molar-refractivity contribution in [1.82, 2.24) is 4.98 Å². The van der Waals surface area contributed by atoms with E-state index in [9.17, 15) is 0 Å². The number of hydrogen-bond donors (Lipinski definition) is 0. The molecular weight excluding hydrogens is 330 g/mol. The second-order valence-corrected chi connectivity index (χ2v) is 8.10. The summed E-state index contributed by atoms with van der Waals surface area (Å²) in [5, 5.41) is 0. The van der Waals surface area contributed by atoms with Gasteiger partial charge in [0.15, 0.2) is 0 Å². The van der Waals surface area contributed by atoms with Crippen LogP contribution in [0.4, 0.5) is 0 Å². The molecule has 27 heavy (non-hydrogen) atoms. The summed E-state index contributed by atoms with van der Waals surface area (Å²) < 4.78 is 5.92. The van der Waals surface area contributed by atoms with Gasteiger partial charge >= 0.3 is 0 Å². The number of benzene rings is 1. The quantitative estimate of drug-likeness (QED) is 0.566. The third-order valence-electron chi connectivity index (χ3n) is 6.12. The minimum atomic E-state index is 0.346. The molecule has 0 saturated heterocycles. The van der Waals surface area contributed by atoms with Crippen LogP contribution in [0.1, 0.15) is 85.9 Å². The number of aromatic nitrogens is 1. The van der Waals surface area contributed by atoms with E-state index in [1.165, 1.54) is 59.2 Å². The summed E-state index contributed by atoms with van der Waals surface area (Å²) >= 11 is 0. The number of rotatable bonds is 7. The Labute approximate surface area is 165 Å². The van der Waals surface area contributed by atoms with Crippen LogP contribution < -0.4 is 4.74 Å². The highest BCUT2D eigenvalue weighted by Crippen LogP contribution is 2.46. The van der Waals surface area contributed by atoms with Gasteiger partial charge in [-0.3, -0.25) is 4.98 Å². The van der Waals surface area contributed by atoms with E-state index in [0.29, 0.717) is 11.8 Å². The van der Waals surface area contributed by atoms with Gasteiger partial charge in [0.05, 0.1) is 12.8 Å². The molecular formula is C25H35NO. The average Bonchev–Trinajstić information content (AvgIpc) is 2.83. The van der Waals surface area contributed by atoms with Crippen LogP contribution in [0, 0.1) is 12.8 Å². The minimum Gasteiger partial charge on any atom is -0.496 e. The number of fused-ring (bicyclic) bond motifs is 2. The Kier molecular flexibility index (Phi) is 6.57. The predicted octanol–water partition coefficient (Wildman–Crippen LogP) is 6.41. The number of hydrogen-bond acceptors (Lipinski definition) is 2. The molecule has 1 aliphatic rings. The fourth-order valence-electron chi connectivity index (χ4n) is 4.89. The molecule has 2 nitrogen and oxygen atoms in total. The van der Waals surface area contributed by atoms with Crippen molar-refractivity contribution in [2.75, 3.05) is 7.11 Å². The SMILES string of the molecule is CCCC(CCC)C1c2ncc(CC)cc2CCc2cc(C)cc(OC)c21. The maximum atomic E-state index is 5.92. The summed E-state index contributed by atoms with van der Waals surface area (Å²) in [5.74, 6) is 2.02. The van der Waals surface area contributed by atoms with Gasteiger partial charge in [-0.1, -0.05) is 45.7 Å². The highest BCUT2D eigenvalue weighted by atomic mass is 16.5. The van der Waals surface area contributed by atoms with Crippen molar-refractivity contribution in [3.63, 3.8) is 0 Å². The zero-order chi connectivity index (χ0) is 19.4. The fourth-order valence-corrected chi connectivity index (χ4v) is 4.89. The summed E-state index contributed by atoms with van der Waals surface area (Å²) in [6.07, 6.45) is 10.2. The molecule has 146 valence electrons. The molecule has 1 aliphatic carbocycles. The maximum Gasteiger partial charge on any atom is 0.123 e. The van der Waals surface area contributed by atoms with Gasteiger partial charge in [0, 0.05) is 17.7 Å². The van der Waals surface area contributed by atoms with Crippen LogP contribution in [0.25, 0.3) is 0 Å². The van der Waals surface area contributed by atoms with Crippen molar-refractivity contribution in [2.24, 2.45) is 5.92 Å². The van der Waals surface area contributed by atoms with Gasteiger partial charge in [-0.25, -0.2) is 0 Å². The van der Waals surface area contributed by atoms with Crippen molar-refractivity contribution in [3.8, 4) is 5.75 Å². The number of nitrogens with zero attached hydrogens (tertiary/aromatic N) is 1. The van der Waals surface area contributed by atoms with E-state index >= 15 is 0 Å². The van der Waals surface area contributed by atoms with E-state index in [1.807, 2.05) is 7.11 Å². The Morgan fingerprint density at radius 1 is 1.04 bits per heavy atom. The van der Waals surface area contributed by atoms with Gasteiger partial charge in [0.2, 0.25) is 0 Å². The Morgan fingerprint density at radius 3 is 2.37 bits per heavy atom. The molecule has 0 aliphatic heterocycles. The minimum absolute atomic E-state index is 0.346. The molecule has 2 aromatic rings. The molecule has 0 fully saturated rings. The second-order valence-electron chi connectivity index (χ2n) is 8.10. The Bertz CT molecular complexity index is 774. The number of methoxy groups -OCH3 is 1. The molecule has 1 heterocycles. The summed E-state index contributed by atoms with van der Waals surface area (Å²) in [5.41, 5.74) is 8.27. The van der Waals surface area contributed by atoms with Crippen LogP contribution in [-0.4, -0.2) is 12.1 Å². The molecule has 0 N–H and O–H groups in total. The van der Waals surface area contributed by atoms with Gasteiger partial charge in [-0.2, -0.15) is 0 Å². The van der Waals surface area contributed by atoms with Crippen molar-refractivity contribution in [1.29, 1.82) is 0 Å². The normalized spacial score (nSPS) is 16.0. The molecule has 0 radical (unpaired) electrons. The summed E-state index contributed by atoms with van der Waals surface area (Å²) in [6, 6.07) is 7.01. The Morgan fingerprint density at radius 2 is 1.74 bits per heavy atom. The second kappa shape index (κ2) is 8.91. The van der Waals surface area contributed by atoms with Crippen molar-refractivity contribution < 1.29 is 4.74 Å². The lowest BCUT2D eigenvalue weighted by Crippen LogP contribution is -2.18. The van der Waals surface area contributed by atoms with Crippen molar-refractivity contribution in [2.45, 2.75) is 78.6 Å². The molecule has 2 heteroatoms. The lowest BCUT2D eigenvalue weighted by Gasteiger charge is -2.30. The van der Waals surface area contributed by atoms with Crippen LogP contribution in [0.2, 0.25) is 0 Å². The van der Waals surface area contributed by atoms with Crippen molar-refractivity contribution in [3.05, 3.63) is 57.9 Å². The van der Waals surface area contributed by atoms with Crippen LogP contribution in [-0.2, 0) is 19.3 Å². The van der Waals surface area contributed by atoms with E-state index < -0.39 is 0 Å². The van der Waals surface area contributed by atoms with Crippen LogP contribution >= 0.6 is 0 Å². The standard InChI is InChI=1S/C25H35NO/c1-6-9-19(10-7-2)24-23-20(13-17(4)14-22(23)27-5)11-12-21-15-18(8-3)16-26-25(21)24/h13-16,19,24H,6-12H2,1-5H3. The molecule has 0 spiro atoms. The molecule has 3 rings (SSSR count). The number of pyridine rings is 1. The molecule has 0 saturated carbocycles. The zero-order valence-electron chi connectivity index (χ0n) is 17.8. The number of ether oxygens (including phenoxy) is 1. The van der Waals surface area contributed by atoms with Crippen molar-refractivity contribution >= 4 is 0 Å². The fraction of sp³-hybridized carbons (Fsp3) is 0.560. The number of aryl methyl sites for hydroxylation is 4. The van der Waals surface area contributed by atoms with E-state index in [-0.39, 0.29) is 0 Å². The molecule has 1 atom stereocenters. The third-order valence-corrected chi connectivity index (χ3v) is 6.12. The van der Waals surface area contributed by atoms with E-state index in [1.54, 1.807) is 0 Å². The monoisotopic (exact) mass is 365 g/mol. The molecule has 0 amide bonds. The topological polar surface area (TPSA) is 22.1 Å². The van der Waals surface area contributed by atoms with Gasteiger partial charge < -0.3 is 4.74 Å².